The first-order chi connectivity index (χ1) is 15.4. The van der Waals surface area contributed by atoms with E-state index >= 15 is 0 Å². The third-order valence-electron chi connectivity index (χ3n) is 6.14. The summed E-state index contributed by atoms with van der Waals surface area (Å²) >= 11 is 0. The molecule has 0 spiro atoms. The lowest BCUT2D eigenvalue weighted by molar-refractivity contribution is -0.134. The van der Waals surface area contributed by atoms with Gasteiger partial charge >= 0.3 is 0 Å². The van der Waals surface area contributed by atoms with Crippen LogP contribution in [-0.2, 0) is 21.4 Å². The molecule has 3 heterocycles. The van der Waals surface area contributed by atoms with E-state index in [9.17, 15) is 18.5 Å². The number of rotatable bonds is 7. The van der Waals surface area contributed by atoms with Gasteiger partial charge in [0.2, 0.25) is 15.9 Å². The number of nitrogens with zero attached hydrogens (tertiary/aromatic N) is 3. The molecule has 32 heavy (non-hydrogen) atoms. The van der Waals surface area contributed by atoms with Crippen molar-refractivity contribution in [3.8, 4) is 6.07 Å². The summed E-state index contributed by atoms with van der Waals surface area (Å²) in [5.41, 5.74) is 1.19. The minimum absolute atomic E-state index is 0.139. The normalized spacial score (nSPS) is 16.2. The summed E-state index contributed by atoms with van der Waals surface area (Å²) in [5, 5.41) is 9.84. The van der Waals surface area contributed by atoms with Crippen LogP contribution in [0.5, 0.6) is 0 Å². The van der Waals surface area contributed by atoms with Gasteiger partial charge in [0.1, 0.15) is 17.8 Å². The average Bonchev–Trinajstić information content (AvgIpc) is 3.45. The number of likely N-dealkylation sites (tertiary alicyclic amines) is 1. The molecule has 0 radical (unpaired) electrons. The Kier molecular flexibility index (Phi) is 6.35. The van der Waals surface area contributed by atoms with Gasteiger partial charge in [-0.1, -0.05) is 13.0 Å². The van der Waals surface area contributed by atoms with Crippen molar-refractivity contribution in [1.29, 1.82) is 5.26 Å². The molecule has 0 aliphatic carbocycles. The van der Waals surface area contributed by atoms with Gasteiger partial charge in [-0.2, -0.15) is 9.98 Å². The van der Waals surface area contributed by atoms with Crippen molar-refractivity contribution < 1.29 is 13.2 Å². The van der Waals surface area contributed by atoms with Gasteiger partial charge in [0.05, 0.1) is 4.90 Å². The highest BCUT2D eigenvalue weighted by molar-refractivity contribution is 7.89. The van der Waals surface area contributed by atoms with E-state index in [-0.39, 0.29) is 17.2 Å². The molecule has 9 heteroatoms. The molecule has 1 amide bonds. The summed E-state index contributed by atoms with van der Waals surface area (Å²) in [5.74, 6) is 0.339. The number of carbonyl (C=O) groups excluding carboxylic acids is 1. The Hall–Kier alpha value is -3.09. The second kappa shape index (κ2) is 9.18. The topological polar surface area (TPSA) is 111 Å². The molecule has 1 aromatic carbocycles. The van der Waals surface area contributed by atoms with Crippen LogP contribution in [0, 0.1) is 17.2 Å². The maximum Gasteiger partial charge on any atom is 0.241 e. The smallest absolute Gasteiger partial charge is 0.241 e. The second-order valence-electron chi connectivity index (χ2n) is 8.36. The third-order valence-corrected chi connectivity index (χ3v) is 7.67. The largest absolute Gasteiger partial charge is 0.361 e. The molecule has 1 fully saturated rings. The van der Waals surface area contributed by atoms with Crippen LogP contribution < -0.4 is 4.72 Å². The van der Waals surface area contributed by atoms with E-state index < -0.39 is 16.1 Å². The number of sulfonamides is 1. The first kappa shape index (κ1) is 22.1. The number of aromatic amines is 1. The number of aromatic nitrogens is 2. The predicted octanol–water partition coefficient (Wildman–Crippen LogP) is 2.84. The molecule has 1 aliphatic rings. The minimum atomic E-state index is -3.95. The van der Waals surface area contributed by atoms with Crippen molar-refractivity contribution in [3.05, 3.63) is 54.5 Å². The molecular formula is C23H27N5O3S. The summed E-state index contributed by atoms with van der Waals surface area (Å²) in [7, 11) is -3.95. The Bertz CT molecular complexity index is 1250. The summed E-state index contributed by atoms with van der Waals surface area (Å²) in [6.45, 7) is 3.76. The number of piperidine rings is 1. The van der Waals surface area contributed by atoms with Crippen LogP contribution in [0.15, 0.2) is 53.7 Å². The number of nitrogens with one attached hydrogen (secondary N) is 2. The number of hydrogen-bond acceptors (Lipinski definition) is 4. The van der Waals surface area contributed by atoms with Crippen LogP contribution in [0.1, 0.15) is 31.9 Å². The molecule has 168 valence electrons. The zero-order valence-corrected chi connectivity index (χ0v) is 18.8. The molecule has 1 aliphatic heterocycles. The lowest BCUT2D eigenvalue weighted by Crippen LogP contribution is -2.50. The van der Waals surface area contributed by atoms with Gasteiger partial charge in [-0.25, -0.2) is 8.42 Å². The monoisotopic (exact) mass is 453 g/mol. The summed E-state index contributed by atoms with van der Waals surface area (Å²) in [4.78, 5) is 18.3. The fraction of sp³-hybridized carbons (Fsp3) is 0.391. The SMILES string of the molecule is CC1CCN(C(=O)[C@@H](CCn2cccc2C#N)NS(=O)(=O)c2cccc3[nH]ccc23)CC1. The van der Waals surface area contributed by atoms with E-state index in [1.54, 1.807) is 58.3 Å². The molecule has 3 aromatic rings. The van der Waals surface area contributed by atoms with Crippen LogP contribution in [0.3, 0.4) is 0 Å². The average molecular weight is 454 g/mol. The number of amides is 1. The summed E-state index contributed by atoms with van der Waals surface area (Å²) < 4.78 is 31.1. The van der Waals surface area contributed by atoms with Gasteiger partial charge in [0.25, 0.3) is 0 Å². The van der Waals surface area contributed by atoms with E-state index in [1.165, 1.54) is 0 Å². The maximum atomic E-state index is 13.4. The molecule has 2 N–H and O–H groups in total. The molecule has 2 aromatic heterocycles. The van der Waals surface area contributed by atoms with E-state index in [1.807, 2.05) is 0 Å². The van der Waals surface area contributed by atoms with Crippen LogP contribution in [0.2, 0.25) is 0 Å². The molecule has 4 rings (SSSR count). The highest BCUT2D eigenvalue weighted by atomic mass is 32.2. The zero-order valence-electron chi connectivity index (χ0n) is 18.0. The standard InChI is InChI=1S/C23H27N5O3S/c1-17-8-13-28(14-9-17)23(29)21(10-15-27-12-3-4-18(27)16-24)26-32(30,31)22-6-2-5-20-19(22)7-11-25-20/h2-7,11-12,17,21,25-26H,8-10,13-15H2,1H3/t21-/m1/s1. The van der Waals surface area contributed by atoms with E-state index in [0.717, 1.165) is 12.8 Å². The van der Waals surface area contributed by atoms with Gasteiger partial charge < -0.3 is 14.5 Å². The van der Waals surface area contributed by atoms with Crippen LogP contribution in [0.25, 0.3) is 10.9 Å². The van der Waals surface area contributed by atoms with Gasteiger partial charge in [0, 0.05) is 42.9 Å². The number of nitriles is 1. The zero-order chi connectivity index (χ0) is 22.7. The number of hydrogen-bond donors (Lipinski definition) is 2. The fourth-order valence-corrected chi connectivity index (χ4v) is 5.65. The third kappa shape index (κ3) is 4.56. The summed E-state index contributed by atoms with van der Waals surface area (Å²) in [6.07, 6.45) is 5.51. The first-order valence-electron chi connectivity index (χ1n) is 10.8. The molecule has 0 saturated carbocycles. The number of fused-ring (bicyclic) bond motifs is 1. The number of aryl methyl sites for hydroxylation is 1. The van der Waals surface area contributed by atoms with Crippen molar-refractivity contribution >= 4 is 26.8 Å². The number of carbonyl (C=O) groups is 1. The van der Waals surface area contributed by atoms with Crippen LogP contribution >= 0.6 is 0 Å². The molecule has 1 saturated heterocycles. The minimum Gasteiger partial charge on any atom is -0.361 e. The Morgan fingerprint density at radius 3 is 2.78 bits per heavy atom. The lowest BCUT2D eigenvalue weighted by atomic mass is 9.98. The Labute approximate surface area is 187 Å². The quantitative estimate of drug-likeness (QED) is 0.573. The van der Waals surface area contributed by atoms with E-state index in [2.05, 4.69) is 22.7 Å². The van der Waals surface area contributed by atoms with Gasteiger partial charge in [-0.15, -0.1) is 0 Å². The maximum absolute atomic E-state index is 13.4. The Morgan fingerprint density at radius 2 is 2.03 bits per heavy atom. The lowest BCUT2D eigenvalue weighted by Gasteiger charge is -2.33. The fourth-order valence-electron chi connectivity index (χ4n) is 4.20. The molecule has 0 unspecified atom stereocenters. The van der Waals surface area contributed by atoms with Crippen molar-refractivity contribution in [2.75, 3.05) is 13.1 Å². The second-order valence-corrected chi connectivity index (χ2v) is 10.0. The molecular weight excluding hydrogens is 426 g/mol. The first-order valence-corrected chi connectivity index (χ1v) is 12.3. The predicted molar refractivity (Wildman–Crippen MR) is 121 cm³/mol. The van der Waals surface area contributed by atoms with Crippen molar-refractivity contribution in [1.82, 2.24) is 19.2 Å². The molecule has 0 bridgehead atoms. The van der Waals surface area contributed by atoms with Crippen molar-refractivity contribution in [2.45, 2.75) is 43.7 Å². The Balaban J connectivity index is 1.60. The number of benzene rings is 1. The van der Waals surface area contributed by atoms with Gasteiger partial charge in [0.15, 0.2) is 0 Å². The van der Waals surface area contributed by atoms with E-state index in [0.29, 0.717) is 42.1 Å². The number of H-pyrrole nitrogens is 1. The van der Waals surface area contributed by atoms with Crippen molar-refractivity contribution in [3.63, 3.8) is 0 Å². The van der Waals surface area contributed by atoms with E-state index in [4.69, 9.17) is 0 Å². The summed E-state index contributed by atoms with van der Waals surface area (Å²) in [6, 6.07) is 11.4. The van der Waals surface area contributed by atoms with Crippen LogP contribution in [-0.4, -0.2) is 47.9 Å². The van der Waals surface area contributed by atoms with Crippen molar-refractivity contribution in [2.24, 2.45) is 5.92 Å². The highest BCUT2D eigenvalue weighted by Gasteiger charge is 2.31. The Morgan fingerprint density at radius 1 is 1.25 bits per heavy atom. The molecule has 8 nitrogen and oxygen atoms in total. The van der Waals surface area contributed by atoms with Gasteiger partial charge in [-0.3, -0.25) is 4.79 Å². The molecule has 1 atom stereocenters. The van der Waals surface area contributed by atoms with Gasteiger partial charge in [-0.05, 0) is 55.5 Å². The van der Waals surface area contributed by atoms with Crippen LogP contribution in [0.4, 0.5) is 0 Å². The highest BCUT2D eigenvalue weighted by Crippen LogP contribution is 2.23.